The normalized spacial score (nSPS) is 12.9. The molecule has 7 N–H and O–H groups in total. The molecule has 2 aromatic carbocycles. The van der Waals surface area contributed by atoms with Crippen molar-refractivity contribution in [1.29, 1.82) is 5.26 Å². The first-order chi connectivity index (χ1) is 17.3. The first-order valence-corrected chi connectivity index (χ1v) is 14.3. The quantitative estimate of drug-likeness (QED) is 0.247. The lowest BCUT2D eigenvalue weighted by Gasteiger charge is -2.38. The Morgan fingerprint density at radius 2 is 1.68 bits per heavy atom. The topological polar surface area (TPSA) is 207 Å². The van der Waals surface area contributed by atoms with Crippen molar-refractivity contribution in [2.45, 2.75) is 9.99 Å². The van der Waals surface area contributed by atoms with Crippen molar-refractivity contribution in [1.82, 2.24) is 4.72 Å². The van der Waals surface area contributed by atoms with E-state index in [0.717, 1.165) is 18.2 Å². The molecule has 0 spiro atoms. The summed E-state index contributed by atoms with van der Waals surface area (Å²) in [6.07, 6.45) is 0. The molecule has 0 aliphatic carbocycles. The van der Waals surface area contributed by atoms with Crippen LogP contribution in [0.4, 0.5) is 13.2 Å². The van der Waals surface area contributed by atoms with Gasteiger partial charge in [-0.05, 0) is 31.4 Å². The molecule has 0 aliphatic heterocycles. The molecule has 0 fully saturated rings. The second kappa shape index (κ2) is 11.3. The number of ether oxygens (including phenoxy) is 2. The fourth-order valence-corrected chi connectivity index (χ4v) is 7.10. The van der Waals surface area contributed by atoms with Crippen molar-refractivity contribution >= 4 is 39.0 Å². The van der Waals surface area contributed by atoms with E-state index in [9.17, 15) is 27.2 Å². The van der Waals surface area contributed by atoms with Gasteiger partial charge in [0.1, 0.15) is 42.4 Å². The highest BCUT2D eigenvalue weighted by atomic mass is 32.2. The largest absolute Gasteiger partial charge is 0.809 e. The summed E-state index contributed by atoms with van der Waals surface area (Å²) in [6.45, 7) is 0.183. The molecular weight excluding hydrogens is 560 g/mol. The van der Waals surface area contributed by atoms with Gasteiger partial charge in [0, 0.05) is 5.39 Å². The van der Waals surface area contributed by atoms with E-state index in [0.29, 0.717) is 6.07 Å². The monoisotopic (exact) mass is 580 g/mol. The van der Waals surface area contributed by atoms with Crippen molar-refractivity contribution < 1.29 is 56.9 Å². The number of sulfonamides is 1. The highest BCUT2D eigenvalue weighted by Gasteiger charge is 2.30. The zero-order valence-electron chi connectivity index (χ0n) is 18.8. The predicted octanol–water partition coefficient (Wildman–Crippen LogP) is -0.678. The number of thiophene rings is 1. The van der Waals surface area contributed by atoms with Crippen molar-refractivity contribution in [3.63, 3.8) is 0 Å². The van der Waals surface area contributed by atoms with Gasteiger partial charge in [-0.2, -0.15) is 9.98 Å². The maximum Gasteiger partial charge on any atom is 0.250 e. The number of nitriles is 1. The summed E-state index contributed by atoms with van der Waals surface area (Å²) in [4.78, 5) is 23.8. The Morgan fingerprint density at radius 3 is 2.19 bits per heavy atom. The number of hydrogen-bond donors (Lipinski definition) is 3. The summed E-state index contributed by atoms with van der Waals surface area (Å²) < 4.78 is 93.3. The molecule has 1 heterocycles. The third-order valence-electron chi connectivity index (χ3n) is 4.81. The van der Waals surface area contributed by atoms with Gasteiger partial charge in [-0.1, -0.05) is 6.07 Å². The zero-order valence-corrected chi connectivity index (χ0v) is 21.4. The zero-order chi connectivity index (χ0) is 27.5. The summed E-state index contributed by atoms with van der Waals surface area (Å²) in [5.74, 6) is -7.13. The van der Waals surface area contributed by atoms with Gasteiger partial charge in [0.2, 0.25) is 11.5 Å². The number of fused-ring (bicyclic) bond motifs is 1. The van der Waals surface area contributed by atoms with E-state index in [2.05, 4.69) is 11.5 Å². The number of hydrogen-bond acceptors (Lipinski definition) is 9. The minimum atomic E-state index is -5.79. The van der Waals surface area contributed by atoms with Crippen LogP contribution in [0.1, 0.15) is 16.9 Å². The maximum atomic E-state index is 15.3. The van der Waals surface area contributed by atoms with Crippen LogP contribution >= 0.6 is 18.9 Å². The lowest BCUT2D eigenvalue weighted by Crippen LogP contribution is -2.53. The molecule has 17 heteroatoms. The number of nitrogens with zero attached hydrogens (tertiary/aromatic N) is 1. The molecule has 11 nitrogen and oxygen atoms in total. The highest BCUT2D eigenvalue weighted by molar-refractivity contribution is 7.92. The molecule has 0 bridgehead atoms. The molecule has 0 saturated heterocycles. The smallest absolute Gasteiger partial charge is 0.250 e. The Hall–Kier alpha value is -2.74. The standard InChI is InChI=1S/C20H20F3N4O7PS2/c21-13-7-10(1-2-11(13)9-26)20(35(28,29)30)27-37(31,32)14-8-12-15(22)17(33-5-3-24)18(34-6-4-25)16(23)19(12)36-14/h1-2,7-8,20,27H,3-6,24-25H2,(H2,28,29,30). The number of benzene rings is 2. The Kier molecular flexibility index (Phi) is 8.83. The molecule has 3 aromatic rings. The van der Waals surface area contributed by atoms with E-state index in [4.69, 9.17) is 14.7 Å². The van der Waals surface area contributed by atoms with Crippen LogP contribution in [0.15, 0.2) is 28.5 Å². The van der Waals surface area contributed by atoms with Crippen LogP contribution in [-0.2, 0) is 14.6 Å². The van der Waals surface area contributed by atoms with Gasteiger partial charge in [-0.25, -0.2) is 21.6 Å². The van der Waals surface area contributed by atoms with Gasteiger partial charge >= 0.3 is 0 Å². The summed E-state index contributed by atoms with van der Waals surface area (Å²) in [5.41, 5.74) is 6.01. The number of halogens is 3. The third-order valence-corrected chi connectivity index (χ3v) is 9.07. The fraction of sp³-hybridized carbons (Fsp3) is 0.250. The minimum Gasteiger partial charge on any atom is -0.809 e. The van der Waals surface area contributed by atoms with Crippen LogP contribution in [0.2, 0.25) is 0 Å². The van der Waals surface area contributed by atoms with E-state index in [1.54, 1.807) is 4.72 Å². The van der Waals surface area contributed by atoms with Crippen LogP contribution in [0.5, 0.6) is 11.5 Å². The van der Waals surface area contributed by atoms with Crippen LogP contribution in [0.3, 0.4) is 0 Å². The fourth-order valence-electron chi connectivity index (χ4n) is 3.17. The molecule has 0 radical (unpaired) electrons. The Labute approximate surface area is 212 Å². The predicted molar refractivity (Wildman–Crippen MR) is 120 cm³/mol. The van der Waals surface area contributed by atoms with Crippen molar-refractivity contribution in [3.8, 4) is 17.6 Å². The van der Waals surface area contributed by atoms with Gasteiger partial charge < -0.3 is 35.3 Å². The van der Waals surface area contributed by atoms with Crippen LogP contribution in [-0.4, -0.2) is 34.7 Å². The highest BCUT2D eigenvalue weighted by Crippen LogP contribution is 2.46. The number of nitrogens with one attached hydrogen (secondary N) is 1. The van der Waals surface area contributed by atoms with Crippen LogP contribution in [0.25, 0.3) is 10.1 Å². The average molecular weight is 581 g/mol. The van der Waals surface area contributed by atoms with E-state index >= 15 is 8.78 Å². The Balaban J connectivity index is 2.12. The Morgan fingerprint density at radius 1 is 1.08 bits per heavy atom. The van der Waals surface area contributed by atoms with Gasteiger partial charge in [0.25, 0.3) is 10.0 Å². The third kappa shape index (κ3) is 6.06. The number of rotatable bonds is 11. The molecule has 200 valence electrons. The summed E-state index contributed by atoms with van der Waals surface area (Å²) in [6, 6.07) is 4.52. The molecule has 3 rings (SSSR count). The lowest BCUT2D eigenvalue weighted by molar-refractivity contribution is -0.372. The van der Waals surface area contributed by atoms with Crippen LogP contribution < -0.4 is 35.4 Å². The SMILES string of the molecule is N#Cc1ccc(C(NS(=O)(=O)c2cc3c(F)c(OCC[NH3+])c(OCC[NH3+])c(F)c3s2)P(=O)([O-])[O-])cc1F. The van der Waals surface area contributed by atoms with Gasteiger partial charge in [-0.15, -0.1) is 11.3 Å². The summed E-state index contributed by atoms with van der Waals surface area (Å²) in [7, 11) is -10.7. The molecular formula is C20H20F3N4O7PS2. The van der Waals surface area contributed by atoms with Crippen molar-refractivity contribution in [3.05, 3.63) is 52.8 Å². The van der Waals surface area contributed by atoms with E-state index in [1.807, 2.05) is 0 Å². The molecule has 1 aromatic heterocycles. The van der Waals surface area contributed by atoms with Gasteiger partial charge in [-0.3, -0.25) is 0 Å². The molecule has 0 amide bonds. The first kappa shape index (κ1) is 28.8. The van der Waals surface area contributed by atoms with E-state index in [-0.39, 0.29) is 37.6 Å². The maximum absolute atomic E-state index is 15.3. The summed E-state index contributed by atoms with van der Waals surface area (Å²) >= 11 is 0.242. The first-order valence-electron chi connectivity index (χ1n) is 10.4. The van der Waals surface area contributed by atoms with Crippen LogP contribution in [0, 0.1) is 28.8 Å². The molecule has 1 atom stereocenters. The summed E-state index contributed by atoms with van der Waals surface area (Å²) in [5, 5.41) is 8.33. The minimum absolute atomic E-state index is 0.105. The van der Waals surface area contributed by atoms with Gasteiger partial charge in [0.05, 0.1) is 16.0 Å². The molecule has 37 heavy (non-hydrogen) atoms. The molecule has 0 saturated carbocycles. The lowest BCUT2D eigenvalue weighted by atomic mass is 10.1. The Bertz CT molecular complexity index is 1470. The van der Waals surface area contributed by atoms with Crippen molar-refractivity contribution in [2.24, 2.45) is 0 Å². The second-order valence-electron chi connectivity index (χ2n) is 7.41. The molecule has 0 aliphatic rings. The molecule has 1 unspecified atom stereocenters. The van der Waals surface area contributed by atoms with Crippen molar-refractivity contribution in [2.75, 3.05) is 26.3 Å². The average Bonchev–Trinajstić information content (AvgIpc) is 3.30. The van der Waals surface area contributed by atoms with Gasteiger partial charge in [0.15, 0.2) is 11.6 Å². The number of quaternary nitrogens is 2. The second-order valence-corrected chi connectivity index (χ2v) is 12.0. The van der Waals surface area contributed by atoms with E-state index < -0.39 is 77.8 Å². The van der Waals surface area contributed by atoms with E-state index in [1.165, 1.54) is 6.07 Å².